The van der Waals surface area contributed by atoms with Gasteiger partial charge in [-0.3, -0.25) is 14.5 Å². The summed E-state index contributed by atoms with van der Waals surface area (Å²) in [6, 6.07) is 6.25. The predicted octanol–water partition coefficient (Wildman–Crippen LogP) is 1.02. The van der Waals surface area contributed by atoms with Gasteiger partial charge in [0.1, 0.15) is 12.0 Å². The Labute approximate surface area is 97.7 Å². The molecule has 0 spiro atoms. The Bertz CT molecular complexity index is 517. The first kappa shape index (κ1) is 11.1. The summed E-state index contributed by atoms with van der Waals surface area (Å²) < 4.78 is 0. The van der Waals surface area contributed by atoms with Crippen molar-refractivity contribution in [3.8, 4) is 0 Å². The third-order valence-electron chi connectivity index (χ3n) is 2.46. The highest BCUT2D eigenvalue weighted by Crippen LogP contribution is 2.12. The third-order valence-corrected chi connectivity index (χ3v) is 2.46. The maximum Gasteiger partial charge on any atom is 0.328 e. The van der Waals surface area contributed by atoms with Gasteiger partial charge in [0.25, 0.3) is 5.91 Å². The highest BCUT2D eigenvalue weighted by atomic mass is 16.2. The van der Waals surface area contributed by atoms with Crippen molar-refractivity contribution >= 4 is 24.3 Å². The molecule has 3 amide bonds. The molecule has 1 aromatic rings. The number of amides is 3. The Morgan fingerprint density at radius 3 is 2.18 bits per heavy atom. The van der Waals surface area contributed by atoms with Crippen LogP contribution < -0.4 is 5.32 Å². The van der Waals surface area contributed by atoms with Crippen LogP contribution in [0.25, 0.3) is 6.08 Å². The molecule has 1 N–H and O–H groups in total. The quantitative estimate of drug-likeness (QED) is 0.468. The Kier molecular flexibility index (Phi) is 2.74. The average Bonchev–Trinajstić information content (AvgIpc) is 2.58. The molecule has 0 atom stereocenters. The molecular weight excluding hydrogens is 220 g/mol. The first-order valence-electron chi connectivity index (χ1n) is 4.98. The minimum absolute atomic E-state index is 0.233. The SMILES string of the molecule is CN1C(=O)N/C(=C\c2ccc(C=O)cc2)C1=O. The van der Waals surface area contributed by atoms with Gasteiger partial charge >= 0.3 is 6.03 Å². The van der Waals surface area contributed by atoms with Gasteiger partial charge in [0.15, 0.2) is 0 Å². The van der Waals surface area contributed by atoms with Crippen molar-refractivity contribution < 1.29 is 14.4 Å². The van der Waals surface area contributed by atoms with Crippen LogP contribution in [-0.4, -0.2) is 30.2 Å². The molecule has 1 aromatic carbocycles. The molecule has 17 heavy (non-hydrogen) atoms. The maximum atomic E-state index is 11.6. The summed E-state index contributed by atoms with van der Waals surface area (Å²) in [5, 5.41) is 2.46. The van der Waals surface area contributed by atoms with Crippen molar-refractivity contribution in [1.82, 2.24) is 10.2 Å². The first-order chi connectivity index (χ1) is 8.11. The number of aldehydes is 1. The van der Waals surface area contributed by atoms with E-state index in [1.807, 2.05) is 0 Å². The van der Waals surface area contributed by atoms with Crippen LogP contribution in [0.15, 0.2) is 30.0 Å². The largest absolute Gasteiger partial charge is 0.328 e. The number of carbonyl (C=O) groups is 3. The molecule has 0 aliphatic carbocycles. The van der Waals surface area contributed by atoms with Gasteiger partial charge in [0.2, 0.25) is 0 Å². The van der Waals surface area contributed by atoms with Gasteiger partial charge in [-0.15, -0.1) is 0 Å². The van der Waals surface area contributed by atoms with Crippen molar-refractivity contribution in [1.29, 1.82) is 0 Å². The molecule has 5 nitrogen and oxygen atoms in total. The third kappa shape index (κ3) is 2.08. The van der Waals surface area contributed by atoms with Crippen molar-refractivity contribution in [2.45, 2.75) is 0 Å². The lowest BCUT2D eigenvalue weighted by Crippen LogP contribution is -2.25. The van der Waals surface area contributed by atoms with Gasteiger partial charge < -0.3 is 5.32 Å². The zero-order valence-electron chi connectivity index (χ0n) is 9.14. The summed E-state index contributed by atoms with van der Waals surface area (Å²) in [5.74, 6) is -0.366. The molecule has 0 aromatic heterocycles. The van der Waals surface area contributed by atoms with E-state index in [0.717, 1.165) is 16.7 Å². The Hall–Kier alpha value is -2.43. The first-order valence-corrected chi connectivity index (χ1v) is 4.98. The minimum Gasteiger partial charge on any atom is -0.303 e. The van der Waals surface area contributed by atoms with E-state index in [2.05, 4.69) is 5.32 Å². The Morgan fingerprint density at radius 2 is 1.71 bits per heavy atom. The molecule has 1 aliphatic heterocycles. The number of benzene rings is 1. The number of hydrogen-bond donors (Lipinski definition) is 1. The highest BCUT2D eigenvalue weighted by Gasteiger charge is 2.29. The zero-order chi connectivity index (χ0) is 12.4. The van der Waals surface area contributed by atoms with E-state index in [4.69, 9.17) is 0 Å². The number of nitrogens with one attached hydrogen (secondary N) is 1. The molecule has 86 valence electrons. The molecule has 0 radical (unpaired) electrons. The monoisotopic (exact) mass is 230 g/mol. The Morgan fingerprint density at radius 1 is 1.12 bits per heavy atom. The fourth-order valence-corrected chi connectivity index (χ4v) is 1.46. The van der Waals surface area contributed by atoms with Gasteiger partial charge in [0.05, 0.1) is 0 Å². The van der Waals surface area contributed by atoms with E-state index >= 15 is 0 Å². The molecule has 2 rings (SSSR count). The minimum atomic E-state index is -0.439. The van der Waals surface area contributed by atoms with E-state index in [0.29, 0.717) is 5.56 Å². The summed E-state index contributed by atoms with van der Waals surface area (Å²) in [4.78, 5) is 34.2. The average molecular weight is 230 g/mol. The van der Waals surface area contributed by atoms with E-state index < -0.39 is 6.03 Å². The molecule has 1 heterocycles. The molecule has 1 aliphatic rings. The van der Waals surface area contributed by atoms with E-state index in [1.165, 1.54) is 7.05 Å². The van der Waals surface area contributed by atoms with Gasteiger partial charge in [-0.05, 0) is 11.6 Å². The van der Waals surface area contributed by atoms with Gasteiger partial charge in [-0.2, -0.15) is 0 Å². The zero-order valence-corrected chi connectivity index (χ0v) is 9.14. The van der Waals surface area contributed by atoms with Crippen LogP contribution >= 0.6 is 0 Å². The summed E-state index contributed by atoms with van der Waals surface area (Å²) in [5.41, 5.74) is 1.54. The van der Waals surface area contributed by atoms with Crippen molar-refractivity contribution in [3.63, 3.8) is 0 Å². The lowest BCUT2D eigenvalue weighted by Gasteiger charge is -1.99. The molecule has 1 fully saturated rings. The summed E-state index contributed by atoms with van der Waals surface area (Å²) >= 11 is 0. The fraction of sp³-hybridized carbons (Fsp3) is 0.0833. The van der Waals surface area contributed by atoms with Crippen molar-refractivity contribution in [3.05, 3.63) is 41.1 Å². The van der Waals surface area contributed by atoms with E-state index in [-0.39, 0.29) is 11.6 Å². The number of urea groups is 1. The maximum absolute atomic E-state index is 11.6. The van der Waals surface area contributed by atoms with E-state index in [1.54, 1.807) is 30.3 Å². The van der Waals surface area contributed by atoms with Crippen LogP contribution in [0.2, 0.25) is 0 Å². The van der Waals surface area contributed by atoms with Crippen molar-refractivity contribution in [2.75, 3.05) is 7.05 Å². The predicted molar refractivity (Wildman–Crippen MR) is 61.1 cm³/mol. The van der Waals surface area contributed by atoms with Crippen LogP contribution in [0.1, 0.15) is 15.9 Å². The molecular formula is C12H10N2O3. The summed E-state index contributed by atoms with van der Waals surface area (Å²) in [6.07, 6.45) is 2.31. The molecule has 5 heteroatoms. The van der Waals surface area contributed by atoms with Crippen LogP contribution in [-0.2, 0) is 4.79 Å². The Balaban J connectivity index is 2.27. The van der Waals surface area contributed by atoms with Gasteiger partial charge in [0, 0.05) is 12.6 Å². The second kappa shape index (κ2) is 4.21. The van der Waals surface area contributed by atoms with Gasteiger partial charge in [-0.25, -0.2) is 4.79 Å². The molecule has 0 unspecified atom stereocenters. The lowest BCUT2D eigenvalue weighted by atomic mass is 10.1. The van der Waals surface area contributed by atoms with Crippen LogP contribution in [0.4, 0.5) is 4.79 Å². The highest BCUT2D eigenvalue weighted by molar-refractivity contribution is 6.13. The molecule has 0 bridgehead atoms. The topological polar surface area (TPSA) is 66.5 Å². The smallest absolute Gasteiger partial charge is 0.303 e. The summed E-state index contributed by atoms with van der Waals surface area (Å²) in [6.45, 7) is 0. The molecule has 1 saturated heterocycles. The number of likely N-dealkylation sites (N-methyl/N-ethyl adjacent to an activating group) is 1. The number of hydrogen-bond acceptors (Lipinski definition) is 3. The second-order valence-corrected chi connectivity index (χ2v) is 3.64. The number of imide groups is 1. The number of rotatable bonds is 2. The van der Waals surface area contributed by atoms with Crippen LogP contribution in [0.3, 0.4) is 0 Å². The van der Waals surface area contributed by atoms with E-state index in [9.17, 15) is 14.4 Å². The number of carbonyl (C=O) groups excluding carboxylic acids is 3. The van der Waals surface area contributed by atoms with Crippen molar-refractivity contribution in [2.24, 2.45) is 0 Å². The summed E-state index contributed by atoms with van der Waals surface area (Å²) in [7, 11) is 1.41. The standard InChI is InChI=1S/C12H10N2O3/c1-14-11(16)10(13-12(14)17)6-8-2-4-9(7-15)5-3-8/h2-7H,1H3,(H,13,17)/b10-6-. The second-order valence-electron chi connectivity index (χ2n) is 3.64. The normalized spacial score (nSPS) is 17.5. The van der Waals surface area contributed by atoms with Crippen LogP contribution in [0.5, 0.6) is 0 Å². The number of nitrogens with zero attached hydrogens (tertiary/aromatic N) is 1. The lowest BCUT2D eigenvalue weighted by molar-refractivity contribution is -0.121. The molecule has 0 saturated carbocycles. The fourth-order valence-electron chi connectivity index (χ4n) is 1.46. The van der Waals surface area contributed by atoms with Crippen LogP contribution in [0, 0.1) is 0 Å². The van der Waals surface area contributed by atoms with Gasteiger partial charge in [-0.1, -0.05) is 24.3 Å².